The number of carbonyl (C=O) groups excluding carboxylic acids is 1. The van der Waals surface area contributed by atoms with Gasteiger partial charge in [0.25, 0.3) is 5.91 Å². The number of pyridine rings is 1. The van der Waals surface area contributed by atoms with Crippen LogP contribution >= 0.6 is 0 Å². The van der Waals surface area contributed by atoms with E-state index in [1.54, 1.807) is 24.5 Å². The van der Waals surface area contributed by atoms with Gasteiger partial charge in [0.1, 0.15) is 29.3 Å². The van der Waals surface area contributed by atoms with Crippen LogP contribution in [0.15, 0.2) is 85.5 Å². The number of anilines is 1. The van der Waals surface area contributed by atoms with Crippen LogP contribution in [0.1, 0.15) is 42.1 Å². The van der Waals surface area contributed by atoms with E-state index < -0.39 is 0 Å². The molecule has 6 rings (SSSR count). The Morgan fingerprint density at radius 3 is 2.42 bits per heavy atom. The first-order chi connectivity index (χ1) is 18.7. The lowest BCUT2D eigenvalue weighted by Crippen LogP contribution is -2.38. The molecule has 38 heavy (non-hydrogen) atoms. The Hall–Kier alpha value is -4.79. The number of nitrogens with two attached hydrogens (primary N) is 1. The molecule has 0 bridgehead atoms. The van der Waals surface area contributed by atoms with Crippen molar-refractivity contribution in [3.8, 4) is 22.8 Å². The summed E-state index contributed by atoms with van der Waals surface area (Å²) in [6.07, 6.45) is 8.15. The maximum atomic E-state index is 12.6. The van der Waals surface area contributed by atoms with Crippen molar-refractivity contribution in [1.82, 2.24) is 30.0 Å². The first kappa shape index (κ1) is 23.6. The molecule has 0 atom stereocenters. The molecule has 2 aromatic carbocycles. The van der Waals surface area contributed by atoms with Gasteiger partial charge in [-0.3, -0.25) is 9.78 Å². The summed E-state index contributed by atoms with van der Waals surface area (Å²) in [6.45, 7) is 0. The van der Waals surface area contributed by atoms with Crippen molar-refractivity contribution in [1.29, 1.82) is 0 Å². The molecule has 190 valence electrons. The topological polar surface area (TPSA) is 121 Å². The Morgan fingerprint density at radius 1 is 0.921 bits per heavy atom. The van der Waals surface area contributed by atoms with Crippen molar-refractivity contribution in [2.45, 2.75) is 37.8 Å². The molecule has 3 N–H and O–H groups in total. The van der Waals surface area contributed by atoms with Gasteiger partial charge in [0.2, 0.25) is 0 Å². The number of nitrogens with one attached hydrogen (secondary N) is 1. The molecule has 1 amide bonds. The van der Waals surface area contributed by atoms with Crippen molar-refractivity contribution >= 4 is 22.8 Å². The van der Waals surface area contributed by atoms with Crippen molar-refractivity contribution in [3.63, 3.8) is 0 Å². The zero-order valence-electron chi connectivity index (χ0n) is 20.7. The third-order valence-electron chi connectivity index (χ3n) is 6.93. The van der Waals surface area contributed by atoms with Crippen molar-refractivity contribution < 1.29 is 9.53 Å². The molecular formula is C29H27N7O2. The first-order valence-corrected chi connectivity index (χ1v) is 12.7. The number of nitrogen functional groups attached to an aromatic ring is 1. The molecule has 1 fully saturated rings. The Morgan fingerprint density at radius 2 is 1.68 bits per heavy atom. The summed E-state index contributed by atoms with van der Waals surface area (Å²) in [7, 11) is 0. The van der Waals surface area contributed by atoms with Crippen LogP contribution < -0.4 is 15.8 Å². The Labute approximate surface area is 219 Å². The molecule has 0 radical (unpaired) electrons. The zero-order valence-corrected chi connectivity index (χ0v) is 20.7. The highest BCUT2D eigenvalue weighted by Crippen LogP contribution is 2.36. The smallest absolute Gasteiger partial charge is 0.253 e. The molecule has 0 aliphatic heterocycles. The van der Waals surface area contributed by atoms with E-state index in [-0.39, 0.29) is 18.0 Å². The molecule has 0 spiro atoms. The third kappa shape index (κ3) is 4.78. The van der Waals surface area contributed by atoms with Crippen LogP contribution in [-0.4, -0.2) is 36.7 Å². The largest absolute Gasteiger partial charge is 0.457 e. The van der Waals surface area contributed by atoms with E-state index >= 15 is 0 Å². The highest BCUT2D eigenvalue weighted by Gasteiger charge is 2.28. The second kappa shape index (κ2) is 10.3. The molecular weight excluding hydrogens is 478 g/mol. The van der Waals surface area contributed by atoms with Gasteiger partial charge < -0.3 is 15.8 Å². The maximum absolute atomic E-state index is 12.6. The van der Waals surface area contributed by atoms with E-state index in [0.717, 1.165) is 59.5 Å². The lowest BCUT2D eigenvalue weighted by Gasteiger charge is -2.29. The molecule has 9 heteroatoms. The van der Waals surface area contributed by atoms with Gasteiger partial charge in [-0.05, 0) is 74.2 Å². The standard InChI is InChI=1S/C29H27N7O2/c30-27-25-26(19-8-14-24(15-9-19)38-23-6-2-1-3-7-23)35-36(28(25)33-18-32-27)22-12-10-21(11-13-22)34-29(37)20-5-4-16-31-17-20/h1-9,14-18,21-22H,10-13H2,(H,34,37)(H2,30,32,33). The minimum atomic E-state index is -0.0893. The second-order valence-corrected chi connectivity index (χ2v) is 9.41. The Kier molecular flexibility index (Phi) is 6.39. The predicted octanol–water partition coefficient (Wildman–Crippen LogP) is 5.18. The lowest BCUT2D eigenvalue weighted by molar-refractivity contribution is 0.0921. The fourth-order valence-corrected chi connectivity index (χ4v) is 4.99. The van der Waals surface area contributed by atoms with E-state index in [2.05, 4.69) is 20.3 Å². The zero-order chi connectivity index (χ0) is 25.9. The Balaban J connectivity index is 1.21. The molecule has 1 saturated carbocycles. The fraction of sp³-hybridized carbons (Fsp3) is 0.207. The summed E-state index contributed by atoms with van der Waals surface area (Å²) in [5, 5.41) is 8.88. The average Bonchev–Trinajstić information content (AvgIpc) is 3.36. The number of aromatic nitrogens is 5. The maximum Gasteiger partial charge on any atom is 0.253 e. The SMILES string of the molecule is Nc1ncnc2c1c(-c1ccc(Oc3ccccc3)cc1)nn2C1CCC(NC(=O)c2cccnc2)CC1. The monoisotopic (exact) mass is 505 g/mol. The lowest BCUT2D eigenvalue weighted by atomic mass is 9.91. The molecule has 1 aliphatic carbocycles. The van der Waals surface area contributed by atoms with Crippen LogP contribution in [0, 0.1) is 0 Å². The van der Waals surface area contributed by atoms with Crippen LogP contribution in [0.5, 0.6) is 11.5 Å². The first-order valence-electron chi connectivity index (χ1n) is 12.7. The van der Waals surface area contributed by atoms with Crippen molar-refractivity contribution in [3.05, 3.63) is 91.0 Å². The summed E-state index contributed by atoms with van der Waals surface area (Å²) in [6, 6.07) is 21.2. The minimum absolute atomic E-state index is 0.0893. The van der Waals surface area contributed by atoms with E-state index in [1.165, 1.54) is 6.33 Å². The summed E-state index contributed by atoms with van der Waals surface area (Å²) < 4.78 is 7.92. The number of ether oxygens (including phenoxy) is 1. The fourth-order valence-electron chi connectivity index (χ4n) is 4.99. The van der Waals surface area contributed by atoms with Crippen LogP contribution in [0.3, 0.4) is 0 Å². The van der Waals surface area contributed by atoms with Crippen LogP contribution in [0.2, 0.25) is 0 Å². The van der Waals surface area contributed by atoms with Crippen LogP contribution in [0.4, 0.5) is 5.82 Å². The predicted molar refractivity (Wildman–Crippen MR) is 145 cm³/mol. The van der Waals surface area contributed by atoms with Crippen LogP contribution in [-0.2, 0) is 0 Å². The average molecular weight is 506 g/mol. The normalized spacial score (nSPS) is 17.3. The highest BCUT2D eigenvalue weighted by atomic mass is 16.5. The molecule has 9 nitrogen and oxygen atoms in total. The summed E-state index contributed by atoms with van der Waals surface area (Å²) in [4.78, 5) is 25.4. The van der Waals surface area contributed by atoms with E-state index in [4.69, 9.17) is 15.6 Å². The van der Waals surface area contributed by atoms with Gasteiger partial charge in [-0.25, -0.2) is 14.6 Å². The van der Waals surface area contributed by atoms with E-state index in [0.29, 0.717) is 11.4 Å². The van der Waals surface area contributed by atoms with Gasteiger partial charge in [0.05, 0.1) is 17.0 Å². The number of hydrogen-bond donors (Lipinski definition) is 2. The second-order valence-electron chi connectivity index (χ2n) is 9.41. The third-order valence-corrected chi connectivity index (χ3v) is 6.93. The minimum Gasteiger partial charge on any atom is -0.457 e. The number of hydrogen-bond acceptors (Lipinski definition) is 7. The summed E-state index contributed by atoms with van der Waals surface area (Å²) >= 11 is 0. The van der Waals surface area contributed by atoms with E-state index in [1.807, 2.05) is 59.3 Å². The van der Waals surface area contributed by atoms with Gasteiger partial charge in [0.15, 0.2) is 5.65 Å². The number of carbonyl (C=O) groups is 1. The van der Waals surface area contributed by atoms with Crippen molar-refractivity contribution in [2.75, 3.05) is 5.73 Å². The summed E-state index contributed by atoms with van der Waals surface area (Å²) in [5.74, 6) is 1.83. The van der Waals surface area contributed by atoms with E-state index in [9.17, 15) is 4.79 Å². The summed E-state index contributed by atoms with van der Waals surface area (Å²) in [5.41, 5.74) is 9.27. The van der Waals surface area contributed by atoms with Gasteiger partial charge >= 0.3 is 0 Å². The number of amides is 1. The van der Waals surface area contributed by atoms with Gasteiger partial charge in [-0.15, -0.1) is 0 Å². The van der Waals surface area contributed by atoms with Gasteiger partial charge in [-0.1, -0.05) is 18.2 Å². The number of rotatable bonds is 6. The quantitative estimate of drug-likeness (QED) is 0.326. The Bertz CT molecular complexity index is 1550. The van der Waals surface area contributed by atoms with Gasteiger partial charge in [-0.2, -0.15) is 5.10 Å². The van der Waals surface area contributed by atoms with Crippen LogP contribution in [0.25, 0.3) is 22.3 Å². The molecule has 3 aromatic heterocycles. The number of nitrogens with zero attached hydrogens (tertiary/aromatic N) is 5. The molecule has 0 unspecified atom stereocenters. The molecule has 5 aromatic rings. The van der Waals surface area contributed by atoms with Gasteiger partial charge in [0, 0.05) is 24.0 Å². The molecule has 3 heterocycles. The molecule has 0 saturated heterocycles. The van der Waals surface area contributed by atoms with Crippen molar-refractivity contribution in [2.24, 2.45) is 0 Å². The number of benzene rings is 2. The molecule has 1 aliphatic rings. The number of fused-ring (bicyclic) bond motifs is 1. The number of para-hydroxylation sites is 1. The highest BCUT2D eigenvalue weighted by molar-refractivity contribution is 5.98.